The Morgan fingerprint density at radius 3 is 2.19 bits per heavy atom. The molecule has 1 aromatic heterocycles. The number of aromatic nitrogens is 2. The largest absolute Gasteiger partial charge is 0.378 e. The van der Waals surface area contributed by atoms with Crippen molar-refractivity contribution in [3.63, 3.8) is 0 Å². The van der Waals surface area contributed by atoms with E-state index in [9.17, 15) is 4.79 Å². The summed E-state index contributed by atoms with van der Waals surface area (Å²) in [6, 6.07) is 14.5. The lowest BCUT2D eigenvalue weighted by atomic mass is 10.0. The molecular weight excluding hydrogens is 493 g/mol. The third kappa shape index (κ3) is 5.66. The summed E-state index contributed by atoms with van der Waals surface area (Å²) in [6.45, 7) is 2.27. The van der Waals surface area contributed by atoms with Crippen molar-refractivity contribution in [2.75, 3.05) is 32.1 Å². The van der Waals surface area contributed by atoms with Crippen LogP contribution < -0.4 is 4.90 Å². The number of hydrogen-bond acceptors (Lipinski definition) is 5. The average molecular weight is 524 g/mol. The number of likely N-dealkylation sites (tertiary alicyclic amines) is 1. The average Bonchev–Trinajstić information content (AvgIpc) is 3.74. The minimum atomic E-state index is 0.0186. The van der Waals surface area contributed by atoms with Gasteiger partial charge in [0.1, 0.15) is 0 Å². The van der Waals surface area contributed by atoms with Crippen LogP contribution in [0.25, 0.3) is 11.3 Å². The van der Waals surface area contributed by atoms with Crippen molar-refractivity contribution < 1.29 is 4.79 Å². The topological polar surface area (TPSA) is 52.6 Å². The predicted octanol–water partition coefficient (Wildman–Crippen LogP) is 5.79. The molecule has 0 spiro atoms. The van der Waals surface area contributed by atoms with Gasteiger partial charge in [-0.25, -0.2) is 0 Å². The number of piperidine rings is 1. The number of nitrogens with zero attached hydrogens (tertiary/aromatic N) is 5. The molecule has 2 fully saturated rings. The van der Waals surface area contributed by atoms with Crippen molar-refractivity contribution in [3.05, 3.63) is 76.2 Å². The molecule has 1 aliphatic carbocycles. The normalized spacial score (nSPS) is 16.4. The zero-order valence-corrected chi connectivity index (χ0v) is 22.2. The second-order valence-electron chi connectivity index (χ2n) is 9.89. The second kappa shape index (κ2) is 10.8. The van der Waals surface area contributed by atoms with Crippen LogP contribution in [0.4, 0.5) is 5.69 Å². The first-order valence-corrected chi connectivity index (χ1v) is 13.2. The van der Waals surface area contributed by atoms with Gasteiger partial charge >= 0.3 is 0 Å². The van der Waals surface area contributed by atoms with Crippen LogP contribution in [0.5, 0.6) is 0 Å². The summed E-state index contributed by atoms with van der Waals surface area (Å²) >= 11 is 12.1. The lowest BCUT2D eigenvalue weighted by Gasteiger charge is -2.38. The summed E-state index contributed by atoms with van der Waals surface area (Å²) in [5.41, 5.74) is 4.69. The van der Waals surface area contributed by atoms with E-state index in [1.807, 2.05) is 31.4 Å². The number of halogens is 2. The second-order valence-corrected chi connectivity index (χ2v) is 10.7. The first-order valence-electron chi connectivity index (χ1n) is 12.5. The Bertz CT molecular complexity index is 1200. The number of carbonyl (C=O) groups excluding carboxylic acids is 1. The van der Waals surface area contributed by atoms with Crippen LogP contribution in [0.3, 0.4) is 0 Å². The summed E-state index contributed by atoms with van der Waals surface area (Å²) in [6.07, 6.45) is 8.15. The molecule has 0 radical (unpaired) electrons. The van der Waals surface area contributed by atoms with Gasteiger partial charge in [0.2, 0.25) is 0 Å². The Kier molecular flexibility index (Phi) is 7.47. The van der Waals surface area contributed by atoms with E-state index < -0.39 is 0 Å². The van der Waals surface area contributed by atoms with Crippen LogP contribution in [0.15, 0.2) is 54.9 Å². The van der Waals surface area contributed by atoms with E-state index in [1.165, 1.54) is 12.8 Å². The highest BCUT2D eigenvalue weighted by molar-refractivity contribution is 6.42. The Morgan fingerprint density at radius 2 is 1.61 bits per heavy atom. The highest BCUT2D eigenvalue weighted by atomic mass is 35.5. The van der Waals surface area contributed by atoms with Crippen molar-refractivity contribution in [1.82, 2.24) is 19.8 Å². The van der Waals surface area contributed by atoms with Crippen molar-refractivity contribution >= 4 is 34.8 Å². The maximum atomic E-state index is 13.0. The van der Waals surface area contributed by atoms with E-state index in [1.54, 1.807) is 18.2 Å². The lowest BCUT2D eigenvalue weighted by molar-refractivity contribution is 0.0592. The quantitative estimate of drug-likeness (QED) is 0.392. The third-order valence-corrected chi connectivity index (χ3v) is 7.87. The van der Waals surface area contributed by atoms with Crippen LogP contribution in [0.1, 0.15) is 41.7 Å². The van der Waals surface area contributed by atoms with E-state index in [0.717, 1.165) is 55.1 Å². The monoisotopic (exact) mass is 523 g/mol. The molecule has 3 aromatic rings. The van der Waals surface area contributed by atoms with Gasteiger partial charge in [0.05, 0.1) is 33.8 Å². The first-order chi connectivity index (χ1) is 17.4. The molecule has 1 aliphatic heterocycles. The molecule has 1 amide bonds. The smallest absolute Gasteiger partial charge is 0.253 e. The fourth-order valence-corrected chi connectivity index (χ4v) is 5.18. The summed E-state index contributed by atoms with van der Waals surface area (Å²) in [5, 5.41) is 0.875. The maximum Gasteiger partial charge on any atom is 0.253 e. The van der Waals surface area contributed by atoms with Crippen molar-refractivity contribution in [3.8, 4) is 11.3 Å². The number of amides is 1. The molecule has 1 saturated carbocycles. The molecule has 36 heavy (non-hydrogen) atoms. The van der Waals surface area contributed by atoms with Crippen LogP contribution in [-0.4, -0.2) is 64.9 Å². The number of hydrogen-bond donors (Lipinski definition) is 0. The summed E-state index contributed by atoms with van der Waals surface area (Å²) in [7, 11) is 4.07. The molecule has 1 saturated heterocycles. The van der Waals surface area contributed by atoms with Crippen molar-refractivity contribution in [1.29, 1.82) is 0 Å². The van der Waals surface area contributed by atoms with Gasteiger partial charge in [-0.15, -0.1) is 0 Å². The predicted molar refractivity (Wildman–Crippen MR) is 146 cm³/mol. The van der Waals surface area contributed by atoms with Gasteiger partial charge in [-0.1, -0.05) is 35.3 Å². The van der Waals surface area contributed by atoms with Crippen LogP contribution in [0.2, 0.25) is 10.0 Å². The van der Waals surface area contributed by atoms with Crippen molar-refractivity contribution in [2.45, 2.75) is 44.3 Å². The van der Waals surface area contributed by atoms with Gasteiger partial charge in [0.15, 0.2) is 0 Å². The fourth-order valence-electron chi connectivity index (χ4n) is 4.88. The van der Waals surface area contributed by atoms with Gasteiger partial charge in [0.25, 0.3) is 5.91 Å². The van der Waals surface area contributed by atoms with Gasteiger partial charge in [0, 0.05) is 62.6 Å². The molecule has 2 aromatic carbocycles. The Labute approximate surface area is 222 Å². The summed E-state index contributed by atoms with van der Waals surface area (Å²) < 4.78 is 0. The summed E-state index contributed by atoms with van der Waals surface area (Å²) in [4.78, 5) is 29.0. The number of anilines is 1. The van der Waals surface area contributed by atoms with E-state index in [-0.39, 0.29) is 5.91 Å². The zero-order chi connectivity index (χ0) is 25.2. The minimum absolute atomic E-state index is 0.0186. The SMILES string of the molecule is CN(C)c1ccc(-c2cnc(CN(C3CC3)C3CCN(C(=O)c4ccc(Cl)c(Cl)c4)CC3)cn2)cc1. The first kappa shape index (κ1) is 25.0. The lowest BCUT2D eigenvalue weighted by Crippen LogP contribution is -2.47. The number of rotatable bonds is 7. The summed E-state index contributed by atoms with van der Waals surface area (Å²) in [5.74, 6) is 0.0186. The number of benzene rings is 2. The number of carbonyl (C=O) groups is 1. The van der Waals surface area contributed by atoms with Gasteiger partial charge in [-0.05, 0) is 56.0 Å². The Morgan fingerprint density at radius 1 is 0.917 bits per heavy atom. The molecule has 0 N–H and O–H groups in total. The molecule has 0 unspecified atom stereocenters. The molecule has 8 heteroatoms. The van der Waals surface area contributed by atoms with E-state index in [2.05, 4.69) is 34.1 Å². The zero-order valence-electron chi connectivity index (χ0n) is 20.7. The molecule has 5 rings (SSSR count). The molecule has 0 bridgehead atoms. The van der Waals surface area contributed by atoms with E-state index >= 15 is 0 Å². The molecule has 0 atom stereocenters. The molecular formula is C28H31Cl2N5O. The molecule has 6 nitrogen and oxygen atoms in total. The third-order valence-electron chi connectivity index (χ3n) is 7.13. The molecule has 188 valence electrons. The maximum absolute atomic E-state index is 13.0. The van der Waals surface area contributed by atoms with Crippen LogP contribution in [-0.2, 0) is 6.54 Å². The van der Waals surface area contributed by atoms with Crippen LogP contribution >= 0.6 is 23.2 Å². The van der Waals surface area contributed by atoms with Crippen LogP contribution in [0, 0.1) is 0 Å². The van der Waals surface area contributed by atoms with E-state index in [4.69, 9.17) is 33.2 Å². The minimum Gasteiger partial charge on any atom is -0.378 e. The van der Waals surface area contributed by atoms with Gasteiger partial charge in [-0.3, -0.25) is 19.7 Å². The molecule has 2 heterocycles. The standard InChI is InChI=1S/C28H31Cl2N5O/c1-33(2)22-6-3-19(4-7-22)27-17-31-21(16-32-27)18-35(23-8-9-23)24-11-13-34(14-12-24)28(36)20-5-10-25(29)26(30)15-20/h3-7,10,15-17,23-24H,8-9,11-14,18H2,1-2H3. The van der Waals surface area contributed by atoms with E-state index in [0.29, 0.717) is 27.7 Å². The highest BCUT2D eigenvalue weighted by Crippen LogP contribution is 2.33. The molecule has 2 aliphatic rings. The highest BCUT2D eigenvalue weighted by Gasteiger charge is 2.36. The Hall–Kier alpha value is -2.67. The fraction of sp³-hybridized carbons (Fsp3) is 0.393. The van der Waals surface area contributed by atoms with Gasteiger partial charge in [-0.2, -0.15) is 0 Å². The Balaban J connectivity index is 1.20. The van der Waals surface area contributed by atoms with Crippen molar-refractivity contribution in [2.24, 2.45) is 0 Å². The van der Waals surface area contributed by atoms with Gasteiger partial charge < -0.3 is 9.80 Å².